The van der Waals surface area contributed by atoms with E-state index in [0.29, 0.717) is 25.8 Å². The zero-order chi connectivity index (χ0) is 38.7. The minimum Gasteiger partial charge on any atom is -0.480 e. The third-order valence-corrected chi connectivity index (χ3v) is 7.69. The van der Waals surface area contributed by atoms with Crippen molar-refractivity contribution in [1.82, 2.24) is 10.6 Å². The monoisotopic (exact) mass is 727 g/mol. The van der Waals surface area contributed by atoms with Crippen LogP contribution in [0.3, 0.4) is 0 Å². The Hall–Kier alpha value is -4.45. The highest BCUT2D eigenvalue weighted by atomic mass is 16.4. The number of carboxylic acid groups (broad SMARTS) is 1. The lowest BCUT2D eigenvalue weighted by atomic mass is 10.1. The maximum atomic E-state index is 12.3. The normalized spacial score (nSPS) is 13.5. The Morgan fingerprint density at radius 1 is 0.453 bits per heavy atom. The molecule has 0 aliphatic heterocycles. The summed E-state index contributed by atoms with van der Waals surface area (Å²) in [6, 6.07) is -0.958. The first-order chi connectivity index (χ1) is 26.0. The van der Waals surface area contributed by atoms with E-state index in [0.717, 1.165) is 83.5 Å². The van der Waals surface area contributed by atoms with E-state index in [1.54, 1.807) is 0 Å². The molecule has 2 amide bonds. The van der Waals surface area contributed by atoms with Crippen LogP contribution < -0.4 is 10.6 Å². The molecule has 0 heterocycles. The summed E-state index contributed by atoms with van der Waals surface area (Å²) in [5.41, 5.74) is 0. The van der Waals surface area contributed by atoms with E-state index in [1.807, 2.05) is 12.2 Å². The molecule has 0 aliphatic rings. The molecule has 0 aromatic rings. The van der Waals surface area contributed by atoms with Crippen LogP contribution in [0, 0.1) is 0 Å². The van der Waals surface area contributed by atoms with E-state index in [-0.39, 0.29) is 24.7 Å². The summed E-state index contributed by atoms with van der Waals surface area (Å²) < 4.78 is 0. The van der Waals surface area contributed by atoms with Crippen molar-refractivity contribution in [2.45, 2.75) is 135 Å². The molecule has 0 rings (SSSR count). The number of unbranched alkanes of at least 4 members (excludes halogenated alkanes) is 1. The Morgan fingerprint density at radius 2 is 0.811 bits per heavy atom. The second-order valence-corrected chi connectivity index (χ2v) is 12.5. The number of carbonyl (C=O) groups is 3. The molecule has 6 nitrogen and oxygen atoms in total. The van der Waals surface area contributed by atoms with Crippen LogP contribution in [0.15, 0.2) is 134 Å². The van der Waals surface area contributed by atoms with Crippen LogP contribution >= 0.6 is 0 Å². The molecular formula is C47H70N2O4. The van der Waals surface area contributed by atoms with Crippen molar-refractivity contribution < 1.29 is 19.5 Å². The van der Waals surface area contributed by atoms with Crippen molar-refractivity contribution in [1.29, 1.82) is 0 Å². The molecule has 0 aliphatic carbocycles. The first-order valence-electron chi connectivity index (χ1n) is 19.9. The van der Waals surface area contributed by atoms with E-state index in [1.165, 1.54) is 0 Å². The topological polar surface area (TPSA) is 95.5 Å². The molecule has 0 radical (unpaired) electrons. The lowest BCUT2D eigenvalue weighted by molar-refractivity contribution is -0.142. The van der Waals surface area contributed by atoms with Gasteiger partial charge in [-0.3, -0.25) is 9.59 Å². The fourth-order valence-electron chi connectivity index (χ4n) is 4.75. The number of carboxylic acids is 1. The van der Waals surface area contributed by atoms with E-state index < -0.39 is 12.0 Å². The first-order valence-corrected chi connectivity index (χ1v) is 19.9. The number of amides is 2. The Balaban J connectivity index is 3.91. The number of aliphatic carboxylic acids is 1. The van der Waals surface area contributed by atoms with Crippen LogP contribution in [0.5, 0.6) is 0 Å². The lowest BCUT2D eigenvalue weighted by Crippen LogP contribution is -2.41. The standard InChI is InChI=1S/C47H70N2O4/c1-3-5-7-9-11-13-15-17-19-21-22-24-26-28-30-32-34-36-38-42-46(51)49-44(47(52)53)40-39-43-48-45(50)41-37-35-33-31-29-27-25-23-20-18-16-14-12-10-8-6-4-2/h5-8,11-14,17-20,22,24-25,27-28,30-31,33-34,36,44H,3-4,9-10,15-16,21,23,26,29,32,35,37-43H2,1-2H3,(H,48,50)(H,49,51)(H,52,53). The highest BCUT2D eigenvalue weighted by Crippen LogP contribution is 2.03. The Kier molecular flexibility index (Phi) is 36.9. The summed E-state index contributed by atoms with van der Waals surface area (Å²) in [6.07, 6.45) is 61.4. The fraction of sp³-hybridized carbons (Fsp3) is 0.468. The highest BCUT2D eigenvalue weighted by Gasteiger charge is 2.19. The van der Waals surface area contributed by atoms with Gasteiger partial charge in [0, 0.05) is 19.4 Å². The molecule has 0 fully saturated rings. The summed E-state index contributed by atoms with van der Waals surface area (Å²) in [5.74, 6) is -1.38. The zero-order valence-electron chi connectivity index (χ0n) is 32.9. The average molecular weight is 727 g/mol. The summed E-state index contributed by atoms with van der Waals surface area (Å²) in [7, 11) is 0. The van der Waals surface area contributed by atoms with Gasteiger partial charge in [-0.1, -0.05) is 148 Å². The molecule has 292 valence electrons. The maximum absolute atomic E-state index is 12.3. The van der Waals surface area contributed by atoms with E-state index in [4.69, 9.17) is 0 Å². The zero-order valence-corrected chi connectivity index (χ0v) is 32.9. The van der Waals surface area contributed by atoms with Gasteiger partial charge >= 0.3 is 5.97 Å². The second-order valence-electron chi connectivity index (χ2n) is 12.5. The smallest absolute Gasteiger partial charge is 0.326 e. The number of nitrogens with one attached hydrogen (secondary N) is 2. The molecule has 1 unspecified atom stereocenters. The van der Waals surface area contributed by atoms with E-state index in [9.17, 15) is 19.5 Å². The molecule has 1 atom stereocenters. The van der Waals surface area contributed by atoms with Crippen LogP contribution in [0.4, 0.5) is 0 Å². The molecule has 0 spiro atoms. The molecular weight excluding hydrogens is 657 g/mol. The van der Waals surface area contributed by atoms with Crippen molar-refractivity contribution in [3.8, 4) is 0 Å². The molecule has 0 saturated carbocycles. The maximum Gasteiger partial charge on any atom is 0.326 e. The van der Waals surface area contributed by atoms with Crippen molar-refractivity contribution in [2.75, 3.05) is 6.54 Å². The Bertz CT molecular complexity index is 1260. The molecule has 6 heteroatoms. The molecule has 0 bridgehead atoms. The molecule has 0 saturated heterocycles. The van der Waals surface area contributed by atoms with Crippen LogP contribution in [0.1, 0.15) is 129 Å². The van der Waals surface area contributed by atoms with Crippen LogP contribution in [-0.2, 0) is 14.4 Å². The average Bonchev–Trinajstić information content (AvgIpc) is 3.15. The number of allylic oxidation sites excluding steroid dienone is 22. The molecule has 53 heavy (non-hydrogen) atoms. The second kappa shape index (κ2) is 40.3. The van der Waals surface area contributed by atoms with Crippen LogP contribution in [0.25, 0.3) is 0 Å². The van der Waals surface area contributed by atoms with E-state index in [2.05, 4.69) is 146 Å². The Labute approximate surface area is 322 Å². The molecule has 3 N–H and O–H groups in total. The first kappa shape index (κ1) is 48.5. The van der Waals surface area contributed by atoms with Gasteiger partial charge in [-0.2, -0.15) is 0 Å². The van der Waals surface area contributed by atoms with Gasteiger partial charge < -0.3 is 15.7 Å². The van der Waals surface area contributed by atoms with Crippen molar-refractivity contribution in [2.24, 2.45) is 0 Å². The van der Waals surface area contributed by atoms with Crippen molar-refractivity contribution >= 4 is 17.8 Å². The largest absolute Gasteiger partial charge is 0.480 e. The lowest BCUT2D eigenvalue weighted by Gasteiger charge is -2.14. The predicted molar refractivity (Wildman–Crippen MR) is 228 cm³/mol. The van der Waals surface area contributed by atoms with Gasteiger partial charge in [0.15, 0.2) is 0 Å². The van der Waals surface area contributed by atoms with Gasteiger partial charge in [-0.15, -0.1) is 0 Å². The summed E-state index contributed by atoms with van der Waals surface area (Å²) in [4.78, 5) is 36.1. The third-order valence-electron chi connectivity index (χ3n) is 7.69. The van der Waals surface area contributed by atoms with Crippen LogP contribution in [0.2, 0.25) is 0 Å². The van der Waals surface area contributed by atoms with E-state index >= 15 is 0 Å². The van der Waals surface area contributed by atoms with Gasteiger partial charge in [0.25, 0.3) is 0 Å². The quantitative estimate of drug-likeness (QED) is 0.0463. The predicted octanol–water partition coefficient (Wildman–Crippen LogP) is 11.9. The van der Waals surface area contributed by atoms with Gasteiger partial charge in [0.05, 0.1) is 0 Å². The van der Waals surface area contributed by atoms with Gasteiger partial charge in [0.2, 0.25) is 11.8 Å². The van der Waals surface area contributed by atoms with Gasteiger partial charge in [-0.25, -0.2) is 4.79 Å². The van der Waals surface area contributed by atoms with Gasteiger partial charge in [0.1, 0.15) is 6.04 Å². The third kappa shape index (κ3) is 38.6. The number of hydrogen-bond acceptors (Lipinski definition) is 3. The number of hydrogen-bond donors (Lipinski definition) is 3. The highest BCUT2D eigenvalue weighted by molar-refractivity contribution is 5.83. The minimum absolute atomic E-state index is 0.0374. The molecule has 0 aromatic carbocycles. The summed E-state index contributed by atoms with van der Waals surface area (Å²) >= 11 is 0. The number of carbonyl (C=O) groups excluding carboxylic acids is 2. The van der Waals surface area contributed by atoms with Gasteiger partial charge in [-0.05, 0) is 103 Å². The fourth-order valence-corrected chi connectivity index (χ4v) is 4.75. The Morgan fingerprint density at radius 3 is 1.19 bits per heavy atom. The SMILES string of the molecule is CCC=CCC=CCC=CCC=CCC=CCC=CCCC(=O)NC(CCCNC(=O)CCCC=CCC=CCC=CCC=CCC=CCC)C(=O)O. The number of rotatable bonds is 33. The van der Waals surface area contributed by atoms with Crippen LogP contribution in [-0.4, -0.2) is 35.5 Å². The van der Waals surface area contributed by atoms with Crippen molar-refractivity contribution in [3.05, 3.63) is 134 Å². The minimum atomic E-state index is -1.06. The summed E-state index contributed by atoms with van der Waals surface area (Å²) in [6.45, 7) is 4.67. The summed E-state index contributed by atoms with van der Waals surface area (Å²) in [5, 5.41) is 15.0. The molecule has 0 aromatic heterocycles. The van der Waals surface area contributed by atoms with Crippen molar-refractivity contribution in [3.63, 3.8) is 0 Å².